The fourth-order valence-electron chi connectivity index (χ4n) is 3.25. The van der Waals surface area contributed by atoms with Gasteiger partial charge >= 0.3 is 0 Å². The van der Waals surface area contributed by atoms with Gasteiger partial charge in [0.05, 0.1) is 24.8 Å². The molecule has 0 spiro atoms. The standard InChI is InChI=1S/C24H26N2O5S/c1-17-10-12-23(31-4)21(14-17)25-24(27)18-11-13-22(30-3)19(15-18)16-26(2)32(28,29)20-8-6-5-7-9-20/h5-15H,16H2,1-4H3,(H,25,27). The van der Waals surface area contributed by atoms with Crippen molar-refractivity contribution in [3.63, 3.8) is 0 Å². The predicted molar refractivity (Wildman–Crippen MR) is 124 cm³/mol. The molecule has 7 nitrogen and oxygen atoms in total. The molecule has 0 fully saturated rings. The Morgan fingerprint density at radius 1 is 0.938 bits per heavy atom. The summed E-state index contributed by atoms with van der Waals surface area (Å²) < 4.78 is 37.7. The van der Waals surface area contributed by atoms with Crippen LogP contribution in [-0.4, -0.2) is 39.9 Å². The molecule has 0 aliphatic carbocycles. The van der Waals surface area contributed by atoms with E-state index in [0.717, 1.165) is 5.56 Å². The molecule has 3 aromatic rings. The Hall–Kier alpha value is -3.36. The van der Waals surface area contributed by atoms with Crippen LogP contribution in [0.15, 0.2) is 71.6 Å². The second-order valence-electron chi connectivity index (χ2n) is 7.26. The molecule has 0 heterocycles. The zero-order valence-electron chi connectivity index (χ0n) is 18.5. The smallest absolute Gasteiger partial charge is 0.255 e. The van der Waals surface area contributed by atoms with Crippen molar-refractivity contribution in [1.82, 2.24) is 4.31 Å². The van der Waals surface area contributed by atoms with E-state index in [0.29, 0.717) is 28.3 Å². The average Bonchev–Trinajstić information content (AvgIpc) is 2.79. The van der Waals surface area contributed by atoms with Crippen LogP contribution in [0.25, 0.3) is 0 Å². The van der Waals surface area contributed by atoms with E-state index < -0.39 is 10.0 Å². The Labute approximate surface area is 188 Å². The highest BCUT2D eigenvalue weighted by Gasteiger charge is 2.22. The number of methoxy groups -OCH3 is 2. The van der Waals surface area contributed by atoms with E-state index in [-0.39, 0.29) is 17.3 Å². The van der Waals surface area contributed by atoms with Gasteiger partial charge in [0.2, 0.25) is 10.0 Å². The highest BCUT2D eigenvalue weighted by molar-refractivity contribution is 7.89. The second kappa shape index (κ2) is 9.84. The van der Waals surface area contributed by atoms with Crippen molar-refractivity contribution >= 4 is 21.6 Å². The zero-order valence-corrected chi connectivity index (χ0v) is 19.3. The number of aryl methyl sites for hydroxylation is 1. The topological polar surface area (TPSA) is 84.9 Å². The number of benzene rings is 3. The minimum atomic E-state index is -3.70. The van der Waals surface area contributed by atoms with Gasteiger partial charge in [0.15, 0.2) is 0 Å². The minimum absolute atomic E-state index is 0.0370. The van der Waals surface area contributed by atoms with Gasteiger partial charge in [0.25, 0.3) is 5.91 Å². The van der Waals surface area contributed by atoms with E-state index >= 15 is 0 Å². The van der Waals surface area contributed by atoms with Crippen LogP contribution in [0.4, 0.5) is 5.69 Å². The first-order valence-corrected chi connectivity index (χ1v) is 11.3. The monoisotopic (exact) mass is 454 g/mol. The highest BCUT2D eigenvalue weighted by Crippen LogP contribution is 2.28. The molecule has 0 saturated carbocycles. The molecule has 32 heavy (non-hydrogen) atoms. The summed E-state index contributed by atoms with van der Waals surface area (Å²) in [6.45, 7) is 1.96. The van der Waals surface area contributed by atoms with Crippen molar-refractivity contribution in [2.24, 2.45) is 0 Å². The number of rotatable bonds is 8. The third-order valence-corrected chi connectivity index (χ3v) is 6.81. The molecule has 3 aromatic carbocycles. The maximum absolute atomic E-state index is 12.9. The summed E-state index contributed by atoms with van der Waals surface area (Å²) in [6.07, 6.45) is 0. The molecule has 0 atom stereocenters. The van der Waals surface area contributed by atoms with Crippen LogP contribution in [-0.2, 0) is 16.6 Å². The fraction of sp³-hybridized carbons (Fsp3) is 0.208. The number of hydrogen-bond donors (Lipinski definition) is 1. The summed E-state index contributed by atoms with van der Waals surface area (Å²) in [5.41, 5.74) is 2.47. The Morgan fingerprint density at radius 2 is 1.59 bits per heavy atom. The lowest BCUT2D eigenvalue weighted by molar-refractivity contribution is 0.102. The van der Waals surface area contributed by atoms with Crippen molar-refractivity contribution in [3.8, 4) is 11.5 Å². The van der Waals surface area contributed by atoms with E-state index in [9.17, 15) is 13.2 Å². The summed E-state index contributed by atoms with van der Waals surface area (Å²) in [6, 6.07) is 18.6. The first kappa shape index (κ1) is 23.3. The van der Waals surface area contributed by atoms with Crippen LogP contribution in [0, 0.1) is 6.92 Å². The molecule has 3 rings (SSSR count). The van der Waals surface area contributed by atoms with E-state index in [4.69, 9.17) is 9.47 Å². The van der Waals surface area contributed by atoms with E-state index in [1.807, 2.05) is 19.1 Å². The van der Waals surface area contributed by atoms with Crippen molar-refractivity contribution in [1.29, 1.82) is 0 Å². The van der Waals surface area contributed by atoms with E-state index in [1.165, 1.54) is 25.6 Å². The van der Waals surface area contributed by atoms with Crippen LogP contribution in [0.1, 0.15) is 21.5 Å². The number of ether oxygens (including phenoxy) is 2. The normalized spacial score (nSPS) is 11.3. The van der Waals surface area contributed by atoms with Gasteiger partial charge in [-0.25, -0.2) is 8.42 Å². The van der Waals surface area contributed by atoms with E-state index in [2.05, 4.69) is 5.32 Å². The van der Waals surface area contributed by atoms with Crippen LogP contribution in [0.2, 0.25) is 0 Å². The molecule has 0 radical (unpaired) electrons. The number of anilines is 1. The molecule has 1 amide bonds. The van der Waals surface area contributed by atoms with Crippen molar-refractivity contribution in [3.05, 3.63) is 83.4 Å². The van der Waals surface area contributed by atoms with Crippen LogP contribution < -0.4 is 14.8 Å². The summed E-state index contributed by atoms with van der Waals surface area (Å²) >= 11 is 0. The summed E-state index contributed by atoms with van der Waals surface area (Å²) in [4.78, 5) is 13.1. The summed E-state index contributed by atoms with van der Waals surface area (Å²) in [7, 11) is 0.834. The molecule has 0 aliphatic heterocycles. The lowest BCUT2D eigenvalue weighted by Gasteiger charge is -2.19. The first-order valence-electron chi connectivity index (χ1n) is 9.90. The Bertz CT molecular complexity index is 1210. The number of hydrogen-bond acceptors (Lipinski definition) is 5. The quantitative estimate of drug-likeness (QED) is 0.554. The molecule has 0 saturated heterocycles. The predicted octanol–water partition coefficient (Wildman–Crippen LogP) is 4.09. The van der Waals surface area contributed by atoms with Crippen LogP contribution >= 0.6 is 0 Å². The number of amides is 1. The SMILES string of the molecule is COc1ccc(C(=O)Nc2cc(C)ccc2OC)cc1CN(C)S(=O)(=O)c1ccccc1. The maximum Gasteiger partial charge on any atom is 0.255 e. The third-order valence-electron chi connectivity index (χ3n) is 4.99. The molecule has 0 bridgehead atoms. The molecule has 8 heteroatoms. The highest BCUT2D eigenvalue weighted by atomic mass is 32.2. The maximum atomic E-state index is 12.9. The average molecular weight is 455 g/mol. The Morgan fingerprint density at radius 3 is 2.25 bits per heavy atom. The van der Waals surface area contributed by atoms with Crippen LogP contribution in [0.5, 0.6) is 11.5 Å². The molecule has 0 aliphatic rings. The van der Waals surface area contributed by atoms with Gasteiger partial charge in [0, 0.05) is 24.7 Å². The number of carbonyl (C=O) groups excluding carboxylic acids is 1. The molecule has 168 valence electrons. The Balaban J connectivity index is 1.87. The lowest BCUT2D eigenvalue weighted by Crippen LogP contribution is -2.27. The van der Waals surface area contributed by atoms with Gasteiger partial charge in [-0.15, -0.1) is 0 Å². The number of sulfonamides is 1. The fourth-order valence-corrected chi connectivity index (χ4v) is 4.42. The molecular weight excluding hydrogens is 428 g/mol. The first-order chi connectivity index (χ1) is 15.3. The van der Waals surface area contributed by atoms with Gasteiger partial charge in [-0.2, -0.15) is 4.31 Å². The lowest BCUT2D eigenvalue weighted by atomic mass is 10.1. The van der Waals surface area contributed by atoms with Gasteiger partial charge in [0.1, 0.15) is 11.5 Å². The molecule has 1 N–H and O–H groups in total. The molecule has 0 aromatic heterocycles. The molecule has 0 unspecified atom stereocenters. The number of nitrogens with one attached hydrogen (secondary N) is 1. The van der Waals surface area contributed by atoms with Crippen molar-refractivity contribution < 1.29 is 22.7 Å². The third kappa shape index (κ3) is 5.09. The van der Waals surface area contributed by atoms with Crippen molar-refractivity contribution in [2.75, 3.05) is 26.6 Å². The van der Waals surface area contributed by atoms with Gasteiger partial charge in [-0.3, -0.25) is 4.79 Å². The molecular formula is C24H26N2O5S. The van der Waals surface area contributed by atoms with Gasteiger partial charge in [-0.05, 0) is 55.0 Å². The minimum Gasteiger partial charge on any atom is -0.496 e. The zero-order chi connectivity index (χ0) is 23.3. The number of nitrogens with zero attached hydrogens (tertiary/aromatic N) is 1. The second-order valence-corrected chi connectivity index (χ2v) is 9.30. The van der Waals surface area contributed by atoms with E-state index in [1.54, 1.807) is 54.6 Å². The van der Waals surface area contributed by atoms with Gasteiger partial charge in [-0.1, -0.05) is 24.3 Å². The Kier molecular flexibility index (Phi) is 7.17. The van der Waals surface area contributed by atoms with Crippen molar-refractivity contribution in [2.45, 2.75) is 18.4 Å². The van der Waals surface area contributed by atoms with Gasteiger partial charge < -0.3 is 14.8 Å². The summed E-state index contributed by atoms with van der Waals surface area (Å²) in [5, 5.41) is 2.86. The largest absolute Gasteiger partial charge is 0.496 e. The number of carbonyl (C=O) groups is 1. The summed E-state index contributed by atoms with van der Waals surface area (Å²) in [5.74, 6) is 0.697. The van der Waals surface area contributed by atoms with Crippen LogP contribution in [0.3, 0.4) is 0 Å².